The minimum absolute atomic E-state index is 0.180. The van der Waals surface area contributed by atoms with Gasteiger partial charge in [-0.25, -0.2) is 9.97 Å². The molecule has 118 valence electrons. The zero-order valence-corrected chi connectivity index (χ0v) is 13.5. The summed E-state index contributed by atoms with van der Waals surface area (Å²) < 4.78 is 0. The van der Waals surface area contributed by atoms with Crippen molar-refractivity contribution in [2.45, 2.75) is 58.9 Å². The maximum absolute atomic E-state index is 9.72. The molecule has 2 heterocycles. The minimum Gasteiger partial charge on any atom is -0.394 e. The first-order chi connectivity index (χ1) is 10.2. The van der Waals surface area contributed by atoms with Crippen LogP contribution in [0.4, 0.5) is 11.6 Å². The number of rotatable bonds is 5. The molecule has 0 bridgehead atoms. The van der Waals surface area contributed by atoms with Crippen LogP contribution in [0.5, 0.6) is 0 Å². The van der Waals surface area contributed by atoms with Gasteiger partial charge >= 0.3 is 0 Å². The molecule has 0 amide bonds. The van der Waals surface area contributed by atoms with E-state index in [-0.39, 0.29) is 12.6 Å². The third kappa shape index (κ3) is 3.84. The summed E-state index contributed by atoms with van der Waals surface area (Å²) in [7, 11) is 0. The van der Waals surface area contributed by atoms with Gasteiger partial charge in [-0.3, -0.25) is 0 Å². The lowest BCUT2D eigenvalue weighted by Gasteiger charge is -2.31. The molecule has 1 aromatic rings. The largest absolute Gasteiger partial charge is 0.394 e. The molecule has 0 aromatic carbocycles. The first kappa shape index (κ1) is 16.0. The molecule has 2 N–H and O–H groups in total. The average molecular weight is 292 g/mol. The topological polar surface area (TPSA) is 61.3 Å². The summed E-state index contributed by atoms with van der Waals surface area (Å²) in [5.41, 5.74) is 1.09. The molecule has 5 nitrogen and oxygen atoms in total. The lowest BCUT2D eigenvalue weighted by Crippen LogP contribution is -2.39. The molecule has 1 fully saturated rings. The Morgan fingerprint density at radius 2 is 2.05 bits per heavy atom. The molecule has 1 unspecified atom stereocenters. The van der Waals surface area contributed by atoms with Crippen molar-refractivity contribution in [2.24, 2.45) is 0 Å². The highest BCUT2D eigenvalue weighted by Crippen LogP contribution is 2.28. The highest BCUT2D eigenvalue weighted by molar-refractivity contribution is 5.59. The van der Waals surface area contributed by atoms with Gasteiger partial charge in [0, 0.05) is 18.7 Å². The van der Waals surface area contributed by atoms with Gasteiger partial charge in [0.15, 0.2) is 0 Å². The maximum atomic E-state index is 9.72. The first-order valence-electron chi connectivity index (χ1n) is 8.14. The summed E-state index contributed by atoms with van der Waals surface area (Å²) in [5, 5.41) is 13.1. The number of aryl methyl sites for hydroxylation is 1. The van der Waals surface area contributed by atoms with Crippen LogP contribution < -0.4 is 10.2 Å². The molecular weight excluding hydrogens is 264 g/mol. The Balaban J connectivity index is 2.33. The molecule has 2 rings (SSSR count). The van der Waals surface area contributed by atoms with Gasteiger partial charge in [0.25, 0.3) is 0 Å². The summed E-state index contributed by atoms with van der Waals surface area (Å²) in [5.74, 6) is 2.71. The second kappa shape index (κ2) is 7.59. The van der Waals surface area contributed by atoms with Crippen LogP contribution in [0.2, 0.25) is 0 Å². The van der Waals surface area contributed by atoms with Crippen molar-refractivity contribution in [3.63, 3.8) is 0 Å². The van der Waals surface area contributed by atoms with E-state index >= 15 is 0 Å². The number of hydrogen-bond acceptors (Lipinski definition) is 5. The number of aliphatic hydroxyl groups is 1. The quantitative estimate of drug-likeness (QED) is 0.873. The number of hydrogen-bond donors (Lipinski definition) is 2. The van der Waals surface area contributed by atoms with Gasteiger partial charge in [-0.2, -0.15) is 0 Å². The van der Waals surface area contributed by atoms with Crippen molar-refractivity contribution in [1.82, 2.24) is 9.97 Å². The van der Waals surface area contributed by atoms with Gasteiger partial charge in [0.05, 0.1) is 12.6 Å². The monoisotopic (exact) mass is 292 g/mol. The smallest absolute Gasteiger partial charge is 0.137 e. The molecule has 0 radical (unpaired) electrons. The van der Waals surface area contributed by atoms with Gasteiger partial charge in [0.2, 0.25) is 0 Å². The third-order valence-electron chi connectivity index (χ3n) is 4.13. The second-order valence-electron chi connectivity index (χ2n) is 5.87. The van der Waals surface area contributed by atoms with E-state index in [0.717, 1.165) is 55.4 Å². The Kier molecular flexibility index (Phi) is 5.79. The SMILES string of the molecule is CCCNc1nc(C)nc(N2CCCCCC2CO)c1C. The van der Waals surface area contributed by atoms with Crippen molar-refractivity contribution in [2.75, 3.05) is 29.9 Å². The molecule has 5 heteroatoms. The summed E-state index contributed by atoms with van der Waals surface area (Å²) in [6, 6.07) is 0.180. The van der Waals surface area contributed by atoms with Crippen LogP contribution in [0.1, 0.15) is 50.4 Å². The van der Waals surface area contributed by atoms with Crippen molar-refractivity contribution in [3.8, 4) is 0 Å². The fraction of sp³-hybridized carbons (Fsp3) is 0.750. The Bertz CT molecular complexity index is 464. The molecule has 1 saturated heterocycles. The van der Waals surface area contributed by atoms with Crippen LogP contribution in [0.15, 0.2) is 0 Å². The molecule has 1 aromatic heterocycles. The van der Waals surface area contributed by atoms with E-state index in [1.54, 1.807) is 0 Å². The van der Waals surface area contributed by atoms with E-state index in [9.17, 15) is 5.11 Å². The molecule has 1 aliphatic rings. The summed E-state index contributed by atoms with van der Waals surface area (Å²) in [4.78, 5) is 11.5. The van der Waals surface area contributed by atoms with E-state index < -0.39 is 0 Å². The van der Waals surface area contributed by atoms with Crippen molar-refractivity contribution in [1.29, 1.82) is 0 Å². The lowest BCUT2D eigenvalue weighted by molar-refractivity contribution is 0.254. The van der Waals surface area contributed by atoms with Crippen molar-refractivity contribution < 1.29 is 5.11 Å². The molecule has 0 saturated carbocycles. The third-order valence-corrected chi connectivity index (χ3v) is 4.13. The van der Waals surface area contributed by atoms with E-state index in [2.05, 4.69) is 34.0 Å². The van der Waals surface area contributed by atoms with Crippen LogP contribution >= 0.6 is 0 Å². The Labute approximate surface area is 127 Å². The van der Waals surface area contributed by atoms with Crippen LogP contribution in [0.25, 0.3) is 0 Å². The van der Waals surface area contributed by atoms with Gasteiger partial charge in [-0.15, -0.1) is 0 Å². The van der Waals surface area contributed by atoms with Crippen LogP contribution in [-0.4, -0.2) is 40.8 Å². The van der Waals surface area contributed by atoms with Crippen LogP contribution in [-0.2, 0) is 0 Å². The predicted molar refractivity (Wildman–Crippen MR) is 87.0 cm³/mol. The van der Waals surface area contributed by atoms with Gasteiger partial charge in [-0.1, -0.05) is 19.8 Å². The summed E-state index contributed by atoms with van der Waals surface area (Å²) >= 11 is 0. The zero-order valence-electron chi connectivity index (χ0n) is 13.5. The highest BCUT2D eigenvalue weighted by Gasteiger charge is 2.24. The molecule has 0 spiro atoms. The summed E-state index contributed by atoms with van der Waals surface area (Å²) in [6.07, 6.45) is 5.69. The highest BCUT2D eigenvalue weighted by atomic mass is 16.3. The van der Waals surface area contributed by atoms with Crippen molar-refractivity contribution in [3.05, 3.63) is 11.4 Å². The standard InChI is InChI=1S/C16H28N4O/c1-4-9-17-15-12(2)16(19-13(3)18-15)20-10-7-5-6-8-14(20)11-21/h14,21H,4-11H2,1-3H3,(H,17,18,19). The Morgan fingerprint density at radius 1 is 1.24 bits per heavy atom. The molecule has 1 atom stereocenters. The van der Waals surface area contributed by atoms with E-state index in [1.165, 1.54) is 12.8 Å². The number of nitrogens with zero attached hydrogens (tertiary/aromatic N) is 3. The van der Waals surface area contributed by atoms with Crippen LogP contribution in [0, 0.1) is 13.8 Å². The van der Waals surface area contributed by atoms with Crippen molar-refractivity contribution >= 4 is 11.6 Å². The molecule has 21 heavy (non-hydrogen) atoms. The fourth-order valence-electron chi connectivity index (χ4n) is 2.95. The molecule has 1 aliphatic heterocycles. The molecular formula is C16H28N4O. The number of nitrogens with one attached hydrogen (secondary N) is 1. The van der Waals surface area contributed by atoms with E-state index in [4.69, 9.17) is 0 Å². The zero-order chi connectivity index (χ0) is 15.2. The normalized spacial score (nSPS) is 19.4. The Morgan fingerprint density at radius 3 is 2.76 bits per heavy atom. The number of aliphatic hydroxyl groups excluding tert-OH is 1. The first-order valence-corrected chi connectivity index (χ1v) is 8.14. The number of aromatic nitrogens is 2. The second-order valence-corrected chi connectivity index (χ2v) is 5.87. The lowest BCUT2D eigenvalue weighted by atomic mass is 10.1. The van der Waals surface area contributed by atoms with E-state index in [0.29, 0.717) is 0 Å². The Hall–Kier alpha value is -1.36. The van der Waals surface area contributed by atoms with Gasteiger partial charge in [-0.05, 0) is 33.1 Å². The minimum atomic E-state index is 0.180. The van der Waals surface area contributed by atoms with E-state index in [1.807, 2.05) is 6.92 Å². The predicted octanol–water partition coefficient (Wildman–Crippen LogP) is 2.66. The number of anilines is 2. The summed E-state index contributed by atoms with van der Waals surface area (Å²) in [6.45, 7) is 8.24. The van der Waals surface area contributed by atoms with Gasteiger partial charge < -0.3 is 15.3 Å². The maximum Gasteiger partial charge on any atom is 0.137 e. The van der Waals surface area contributed by atoms with Gasteiger partial charge in [0.1, 0.15) is 17.5 Å². The van der Waals surface area contributed by atoms with Crippen LogP contribution in [0.3, 0.4) is 0 Å². The average Bonchev–Trinajstić information content (AvgIpc) is 2.72. The molecule has 0 aliphatic carbocycles. The fourth-order valence-corrected chi connectivity index (χ4v) is 2.95.